The molecule has 0 fully saturated rings. The highest BCUT2D eigenvalue weighted by atomic mass is 17.2. The number of rotatable bonds is 9. The van der Waals surface area contributed by atoms with E-state index in [1.165, 1.54) is 0 Å². The van der Waals surface area contributed by atoms with Crippen LogP contribution in [-0.2, 0) is 40.5 Å². The van der Waals surface area contributed by atoms with Crippen molar-refractivity contribution in [1.82, 2.24) is 0 Å². The Morgan fingerprint density at radius 2 is 0.781 bits per heavy atom. The highest BCUT2D eigenvalue weighted by molar-refractivity contribution is 5.35. The van der Waals surface area contributed by atoms with Gasteiger partial charge in [0, 0.05) is 0 Å². The second-order valence-electron chi connectivity index (χ2n) is 11.4. The third-order valence-electron chi connectivity index (χ3n) is 3.66. The molecule has 0 amide bonds. The molecule has 0 aliphatic carbocycles. The Morgan fingerprint density at radius 3 is 1.00 bits per heavy atom. The van der Waals surface area contributed by atoms with E-state index in [9.17, 15) is 0 Å². The van der Waals surface area contributed by atoms with E-state index in [2.05, 4.69) is 0 Å². The van der Waals surface area contributed by atoms with E-state index in [-0.39, 0.29) is 23.4 Å². The molecule has 1 aromatic rings. The average molecular weight is 457 g/mol. The third kappa shape index (κ3) is 13.5. The predicted octanol–water partition coefficient (Wildman–Crippen LogP) is 7.40. The van der Waals surface area contributed by atoms with Crippen molar-refractivity contribution in [2.24, 2.45) is 0 Å². The third-order valence-corrected chi connectivity index (χ3v) is 3.66. The van der Waals surface area contributed by atoms with Crippen molar-refractivity contribution < 1.29 is 29.3 Å². The van der Waals surface area contributed by atoms with E-state index in [0.29, 0.717) is 0 Å². The van der Waals surface area contributed by atoms with E-state index in [0.717, 1.165) is 11.1 Å². The minimum atomic E-state index is -0.633. The smallest absolute Gasteiger partial charge is 0.123 e. The number of benzene rings is 1. The molecule has 0 spiro atoms. The van der Waals surface area contributed by atoms with Crippen LogP contribution in [0.25, 0.3) is 0 Å². The van der Waals surface area contributed by atoms with E-state index in [1.54, 1.807) is 0 Å². The standard InChI is InChI=1S/C20H34O4.C6H14O2/c1-17(2,3)21-23-19(7,8)15-13-11-12-14-16(15)20(9,10)24-22-18(4,5)6;1-5(2)7-8-6(3)4/h11-14H,1-10H3;5-6H,1-4H3. The molecule has 1 rings (SSSR count). The number of hydrogen-bond acceptors (Lipinski definition) is 6. The van der Waals surface area contributed by atoms with E-state index in [4.69, 9.17) is 29.3 Å². The van der Waals surface area contributed by atoms with Gasteiger partial charge in [-0.15, -0.1) is 0 Å². The largest absolute Gasteiger partial charge is 0.234 e. The molecule has 0 bridgehead atoms. The first-order valence-electron chi connectivity index (χ1n) is 11.4. The summed E-state index contributed by atoms with van der Waals surface area (Å²) in [6, 6.07) is 8.04. The van der Waals surface area contributed by atoms with Gasteiger partial charge in [-0.3, -0.25) is 0 Å². The van der Waals surface area contributed by atoms with E-state index >= 15 is 0 Å². The molecule has 6 nitrogen and oxygen atoms in total. The van der Waals surface area contributed by atoms with E-state index in [1.807, 2.05) is 121 Å². The first-order valence-corrected chi connectivity index (χ1v) is 11.4. The van der Waals surface area contributed by atoms with Crippen molar-refractivity contribution in [3.8, 4) is 0 Å². The highest BCUT2D eigenvalue weighted by Crippen LogP contribution is 2.37. The zero-order valence-corrected chi connectivity index (χ0v) is 22.9. The van der Waals surface area contributed by atoms with Crippen molar-refractivity contribution in [3.63, 3.8) is 0 Å². The van der Waals surface area contributed by atoms with Gasteiger partial charge < -0.3 is 0 Å². The molecule has 0 N–H and O–H groups in total. The maximum atomic E-state index is 5.76. The van der Waals surface area contributed by atoms with Gasteiger partial charge in [-0.25, -0.2) is 29.3 Å². The molecular weight excluding hydrogens is 408 g/mol. The van der Waals surface area contributed by atoms with Crippen LogP contribution in [-0.4, -0.2) is 23.4 Å². The number of hydrogen-bond donors (Lipinski definition) is 0. The summed E-state index contributed by atoms with van der Waals surface area (Å²) >= 11 is 0. The van der Waals surface area contributed by atoms with Crippen molar-refractivity contribution in [3.05, 3.63) is 35.4 Å². The summed E-state index contributed by atoms with van der Waals surface area (Å²) in [6.07, 6.45) is 0.329. The normalized spacial score (nSPS) is 13.4. The molecule has 0 aromatic heterocycles. The van der Waals surface area contributed by atoms with Gasteiger partial charge >= 0.3 is 0 Å². The average Bonchev–Trinajstić information content (AvgIpc) is 2.63. The van der Waals surface area contributed by atoms with Crippen LogP contribution in [0.4, 0.5) is 0 Å². The minimum Gasteiger partial charge on any atom is -0.234 e. The van der Waals surface area contributed by atoms with Gasteiger partial charge in [0.25, 0.3) is 0 Å². The summed E-state index contributed by atoms with van der Waals surface area (Å²) in [5.41, 5.74) is -0.0341. The zero-order valence-electron chi connectivity index (χ0n) is 22.9. The first kappa shape index (κ1) is 31.0. The molecule has 1 aromatic carbocycles. The lowest BCUT2D eigenvalue weighted by atomic mass is 9.85. The first-order chi connectivity index (χ1) is 14.3. The van der Waals surface area contributed by atoms with Gasteiger partial charge in [0.15, 0.2) is 0 Å². The molecule has 0 aliphatic heterocycles. The molecule has 0 atom stereocenters. The SMILES string of the molecule is CC(C)(C)OOC(C)(C)c1ccccc1C(C)(C)OOC(C)(C)C.CC(C)OOC(C)C. The van der Waals surface area contributed by atoms with Crippen LogP contribution in [0.5, 0.6) is 0 Å². The fraction of sp³-hybridized carbons (Fsp3) is 0.769. The van der Waals surface area contributed by atoms with Gasteiger partial charge in [0.2, 0.25) is 0 Å². The van der Waals surface area contributed by atoms with Crippen molar-refractivity contribution in [2.45, 2.75) is 132 Å². The lowest BCUT2D eigenvalue weighted by Crippen LogP contribution is -2.34. The van der Waals surface area contributed by atoms with Crippen LogP contribution in [0.1, 0.15) is 108 Å². The summed E-state index contributed by atoms with van der Waals surface area (Å²) in [6.45, 7) is 27.4. The highest BCUT2D eigenvalue weighted by Gasteiger charge is 2.35. The van der Waals surface area contributed by atoms with Gasteiger partial charge in [0.05, 0.1) is 23.4 Å². The summed E-state index contributed by atoms with van der Waals surface area (Å²) in [5, 5.41) is 0. The van der Waals surface area contributed by atoms with Gasteiger partial charge in [0.1, 0.15) is 11.2 Å². The molecule has 0 radical (unpaired) electrons. The van der Waals surface area contributed by atoms with Crippen molar-refractivity contribution >= 4 is 0 Å². The fourth-order valence-electron chi connectivity index (χ4n) is 2.30. The van der Waals surface area contributed by atoms with Crippen LogP contribution in [0.2, 0.25) is 0 Å². The molecule has 6 heteroatoms. The molecule has 0 saturated heterocycles. The molecule has 0 heterocycles. The summed E-state index contributed by atoms with van der Waals surface area (Å²) in [7, 11) is 0. The van der Waals surface area contributed by atoms with Crippen LogP contribution in [0.15, 0.2) is 24.3 Å². The monoisotopic (exact) mass is 456 g/mol. The van der Waals surface area contributed by atoms with Crippen LogP contribution < -0.4 is 0 Å². The van der Waals surface area contributed by atoms with Gasteiger partial charge in [-0.1, -0.05) is 24.3 Å². The predicted molar refractivity (Wildman–Crippen MR) is 129 cm³/mol. The minimum absolute atomic E-state index is 0.164. The van der Waals surface area contributed by atoms with Crippen LogP contribution in [0, 0.1) is 0 Å². The zero-order chi connectivity index (χ0) is 25.4. The summed E-state index contributed by atoms with van der Waals surface area (Å²) < 4.78 is 0. The molecule has 188 valence electrons. The second-order valence-corrected chi connectivity index (χ2v) is 11.4. The molecular formula is C26H48O6. The molecule has 0 unspecified atom stereocenters. The fourth-order valence-corrected chi connectivity index (χ4v) is 2.30. The molecule has 0 aliphatic rings. The Kier molecular flexibility index (Phi) is 12.0. The summed E-state index contributed by atoms with van der Waals surface area (Å²) in [5.74, 6) is 0. The van der Waals surface area contributed by atoms with Gasteiger partial charge in [-0.2, -0.15) is 0 Å². The summed E-state index contributed by atoms with van der Waals surface area (Å²) in [4.78, 5) is 32.3. The van der Waals surface area contributed by atoms with Crippen LogP contribution >= 0.6 is 0 Å². The Balaban J connectivity index is 0.00000102. The lowest BCUT2D eigenvalue weighted by molar-refractivity contribution is -0.407. The molecule has 0 saturated carbocycles. The Bertz CT molecular complexity index is 594. The van der Waals surface area contributed by atoms with Crippen molar-refractivity contribution in [1.29, 1.82) is 0 Å². The van der Waals surface area contributed by atoms with Crippen molar-refractivity contribution in [2.75, 3.05) is 0 Å². The van der Waals surface area contributed by atoms with Gasteiger partial charge in [-0.05, 0) is 108 Å². The quantitative estimate of drug-likeness (QED) is 0.285. The van der Waals surface area contributed by atoms with Crippen LogP contribution in [0.3, 0.4) is 0 Å². The Hall–Kier alpha value is -1.02. The topological polar surface area (TPSA) is 55.4 Å². The molecule has 32 heavy (non-hydrogen) atoms. The van der Waals surface area contributed by atoms with E-state index < -0.39 is 11.2 Å². The Morgan fingerprint density at radius 1 is 0.500 bits per heavy atom. The maximum Gasteiger partial charge on any atom is 0.123 e. The second kappa shape index (κ2) is 12.4. The maximum absolute atomic E-state index is 5.76. The lowest BCUT2D eigenvalue weighted by Gasteiger charge is -2.35. The Labute approximate surface area is 196 Å².